The third-order valence-electron chi connectivity index (χ3n) is 1.12. The molecule has 5 nitrogen and oxygen atoms in total. The zero-order valence-electron chi connectivity index (χ0n) is 5.61. The fourth-order valence-corrected chi connectivity index (χ4v) is 0.673. The average Bonchev–Trinajstić information content (AvgIpc) is 2.60. The van der Waals surface area contributed by atoms with Crippen molar-refractivity contribution in [1.82, 2.24) is 0 Å². The summed E-state index contributed by atoms with van der Waals surface area (Å²) in [5, 5.41) is 0. The lowest BCUT2D eigenvalue weighted by Gasteiger charge is -2.02. The summed E-state index contributed by atoms with van der Waals surface area (Å²) < 4.78 is 5.00. The fraction of sp³-hybridized carbons (Fsp3) is 0.333. The molecule has 0 aromatic heterocycles. The van der Waals surface area contributed by atoms with E-state index in [-0.39, 0.29) is 11.9 Å². The Labute approximate surface area is 62.6 Å². The van der Waals surface area contributed by atoms with Gasteiger partial charge in [-0.3, -0.25) is 9.78 Å². The average molecular weight is 158 g/mol. The highest BCUT2D eigenvalue weighted by molar-refractivity contribution is 4.94. The van der Waals surface area contributed by atoms with Crippen LogP contribution in [0.5, 0.6) is 0 Å². The minimum absolute atomic E-state index is 0.279. The summed E-state index contributed by atoms with van der Waals surface area (Å²) in [5.41, 5.74) is 0. The number of hydrogen-bond donors (Lipinski definition) is 0. The van der Waals surface area contributed by atoms with Gasteiger partial charge in [-0.1, -0.05) is 0 Å². The molecule has 60 valence electrons. The molecule has 2 heterocycles. The highest BCUT2D eigenvalue weighted by atomic mass is 17.3. The molecule has 0 saturated heterocycles. The first kappa shape index (κ1) is 6.51. The van der Waals surface area contributed by atoms with Crippen molar-refractivity contribution in [1.29, 1.82) is 0 Å². The summed E-state index contributed by atoms with van der Waals surface area (Å²) in [6.07, 6.45) is 3.28. The van der Waals surface area contributed by atoms with Gasteiger partial charge < -0.3 is 4.74 Å². The predicted octanol–water partition coefficient (Wildman–Crippen LogP) is 0.609. The summed E-state index contributed by atoms with van der Waals surface area (Å²) in [4.78, 5) is 18.2. The van der Waals surface area contributed by atoms with Gasteiger partial charge in [0.2, 0.25) is 0 Å². The molecule has 0 unspecified atom stereocenters. The van der Waals surface area contributed by atoms with Gasteiger partial charge in [-0.25, -0.2) is 0 Å². The Morgan fingerprint density at radius 2 is 1.55 bits per heavy atom. The van der Waals surface area contributed by atoms with E-state index < -0.39 is 0 Å². The van der Waals surface area contributed by atoms with Crippen LogP contribution in [0.25, 0.3) is 0 Å². The van der Waals surface area contributed by atoms with Crippen LogP contribution in [0, 0.1) is 0 Å². The Morgan fingerprint density at radius 1 is 1.00 bits per heavy atom. The maximum Gasteiger partial charge on any atom is 0.323 e. The van der Waals surface area contributed by atoms with Gasteiger partial charge in [-0.15, -0.1) is 0 Å². The summed E-state index contributed by atoms with van der Waals surface area (Å²) in [7, 11) is 0. The van der Waals surface area contributed by atoms with Crippen LogP contribution in [0.2, 0.25) is 0 Å². The second kappa shape index (κ2) is 2.81. The van der Waals surface area contributed by atoms with Crippen LogP contribution in [-0.4, -0.2) is 13.2 Å². The summed E-state index contributed by atoms with van der Waals surface area (Å²) >= 11 is 0. The molecule has 2 aliphatic rings. The third-order valence-corrected chi connectivity index (χ3v) is 1.12. The first-order valence-electron chi connectivity index (χ1n) is 3.12. The van der Waals surface area contributed by atoms with E-state index in [0.717, 1.165) is 0 Å². The predicted molar refractivity (Wildman–Crippen MR) is 31.3 cm³/mol. The molecule has 0 bridgehead atoms. The number of hydrogen-bond acceptors (Lipinski definition) is 5. The molecule has 11 heavy (non-hydrogen) atoms. The van der Waals surface area contributed by atoms with Crippen molar-refractivity contribution in [3.05, 3.63) is 24.0 Å². The van der Waals surface area contributed by atoms with Crippen LogP contribution < -0.4 is 0 Å². The van der Waals surface area contributed by atoms with Crippen molar-refractivity contribution < 1.29 is 24.3 Å². The summed E-state index contributed by atoms with van der Waals surface area (Å²) in [6.45, 7) is 0.785. The maximum absolute atomic E-state index is 5.00. The molecule has 0 saturated carbocycles. The minimum atomic E-state index is 0.279. The van der Waals surface area contributed by atoms with Crippen LogP contribution in [-0.2, 0) is 24.3 Å². The van der Waals surface area contributed by atoms with Crippen molar-refractivity contribution in [2.24, 2.45) is 0 Å². The molecule has 0 N–H and O–H groups in total. The molecular weight excluding hydrogens is 152 g/mol. The summed E-state index contributed by atoms with van der Waals surface area (Å²) in [5.74, 6) is 0.559. The molecule has 5 heteroatoms. The van der Waals surface area contributed by atoms with Crippen LogP contribution in [0.4, 0.5) is 0 Å². The Hall–Kier alpha value is -1.20. The maximum atomic E-state index is 5.00. The highest BCUT2D eigenvalue weighted by Crippen LogP contribution is 2.16. The molecule has 0 aliphatic carbocycles. The zero-order valence-corrected chi connectivity index (χ0v) is 5.61. The van der Waals surface area contributed by atoms with Crippen molar-refractivity contribution in [3.63, 3.8) is 0 Å². The molecular formula is C6H6O5. The van der Waals surface area contributed by atoms with Crippen molar-refractivity contribution in [2.75, 3.05) is 13.2 Å². The Bertz CT molecular complexity index is 185. The lowest BCUT2D eigenvalue weighted by Crippen LogP contribution is -1.93. The van der Waals surface area contributed by atoms with Crippen molar-refractivity contribution in [2.45, 2.75) is 0 Å². The Kier molecular flexibility index (Phi) is 1.66. The second-order valence-electron chi connectivity index (χ2n) is 1.88. The third kappa shape index (κ3) is 1.44. The van der Waals surface area contributed by atoms with E-state index in [0.29, 0.717) is 13.2 Å². The van der Waals surface area contributed by atoms with E-state index in [1.165, 1.54) is 0 Å². The number of ether oxygens (including phenoxy) is 1. The normalized spacial score (nSPS) is 21.8. The molecule has 0 atom stereocenters. The fourth-order valence-electron chi connectivity index (χ4n) is 0.673. The monoisotopic (exact) mass is 158 g/mol. The van der Waals surface area contributed by atoms with Gasteiger partial charge in [0.25, 0.3) is 0 Å². The van der Waals surface area contributed by atoms with Crippen molar-refractivity contribution >= 4 is 0 Å². The van der Waals surface area contributed by atoms with Crippen LogP contribution >= 0.6 is 0 Å². The first-order chi connectivity index (χ1) is 5.45. The lowest BCUT2D eigenvalue weighted by molar-refractivity contribution is -0.292. The van der Waals surface area contributed by atoms with Gasteiger partial charge in [-0.2, -0.15) is 9.78 Å². The van der Waals surface area contributed by atoms with E-state index in [1.807, 2.05) is 0 Å². The van der Waals surface area contributed by atoms with Gasteiger partial charge in [0.05, 0.1) is 0 Å². The Balaban J connectivity index is 1.89. The second-order valence-corrected chi connectivity index (χ2v) is 1.88. The van der Waals surface area contributed by atoms with Crippen LogP contribution in [0.3, 0.4) is 0 Å². The molecule has 0 spiro atoms. The molecule has 0 aromatic rings. The molecule has 2 rings (SSSR count). The summed E-state index contributed by atoms with van der Waals surface area (Å²) in [6, 6.07) is 0. The quantitative estimate of drug-likeness (QED) is 0.551. The van der Waals surface area contributed by atoms with Gasteiger partial charge >= 0.3 is 11.9 Å². The van der Waals surface area contributed by atoms with Gasteiger partial charge in [-0.05, 0) is 0 Å². The Morgan fingerprint density at radius 3 is 1.91 bits per heavy atom. The van der Waals surface area contributed by atoms with Crippen LogP contribution in [0.15, 0.2) is 24.0 Å². The largest absolute Gasteiger partial charge is 0.389 e. The zero-order chi connectivity index (χ0) is 7.52. The highest BCUT2D eigenvalue weighted by Gasteiger charge is 2.15. The van der Waals surface area contributed by atoms with Gasteiger partial charge in [0.15, 0.2) is 0 Å². The molecule has 0 aromatic carbocycles. The SMILES string of the molecule is C1=C(OC2=CCOO2)OOC1. The van der Waals surface area contributed by atoms with E-state index >= 15 is 0 Å². The van der Waals surface area contributed by atoms with E-state index in [4.69, 9.17) is 4.74 Å². The first-order valence-corrected chi connectivity index (χ1v) is 3.12. The topological polar surface area (TPSA) is 46.2 Å². The van der Waals surface area contributed by atoms with E-state index in [2.05, 4.69) is 19.6 Å². The standard InChI is InChI=1S/C6H6O5/c1-3-7-10-5(1)9-6-2-4-8-11-6/h1-2H,3-4H2. The van der Waals surface area contributed by atoms with Gasteiger partial charge in [0, 0.05) is 12.2 Å². The molecule has 0 amide bonds. The molecule has 2 aliphatic heterocycles. The van der Waals surface area contributed by atoms with Crippen LogP contribution in [0.1, 0.15) is 0 Å². The van der Waals surface area contributed by atoms with E-state index in [1.54, 1.807) is 12.2 Å². The number of rotatable bonds is 2. The minimum Gasteiger partial charge on any atom is -0.389 e. The smallest absolute Gasteiger partial charge is 0.323 e. The van der Waals surface area contributed by atoms with Crippen molar-refractivity contribution in [3.8, 4) is 0 Å². The molecule has 0 fully saturated rings. The van der Waals surface area contributed by atoms with E-state index in [9.17, 15) is 0 Å². The lowest BCUT2D eigenvalue weighted by atomic mass is 10.6. The van der Waals surface area contributed by atoms with Gasteiger partial charge in [0.1, 0.15) is 13.2 Å². The molecule has 0 radical (unpaired) electrons.